The highest BCUT2D eigenvalue weighted by Crippen LogP contribution is 2.24. The predicted octanol–water partition coefficient (Wildman–Crippen LogP) is 3.70. The zero-order chi connectivity index (χ0) is 12.3. The first kappa shape index (κ1) is 11.5. The Morgan fingerprint density at radius 2 is 1.88 bits per heavy atom. The summed E-state index contributed by atoms with van der Waals surface area (Å²) in [4.78, 5) is 10.3. The first-order valence-corrected chi connectivity index (χ1v) is 5.30. The van der Waals surface area contributed by atoms with Gasteiger partial charge in [-0.05, 0) is 42.5 Å². The van der Waals surface area contributed by atoms with Crippen LogP contribution in [-0.4, -0.2) is 11.1 Å². The van der Waals surface area contributed by atoms with Gasteiger partial charge in [0, 0.05) is 16.7 Å². The normalized spacial score (nSPS) is 10.9. The van der Waals surface area contributed by atoms with Gasteiger partial charge in [0.15, 0.2) is 0 Å². The molecule has 4 heteroatoms. The van der Waals surface area contributed by atoms with Crippen LogP contribution in [0.1, 0.15) is 5.76 Å². The van der Waals surface area contributed by atoms with Crippen molar-refractivity contribution in [3.05, 3.63) is 53.3 Å². The third kappa shape index (κ3) is 2.98. The quantitative estimate of drug-likeness (QED) is 0.843. The summed E-state index contributed by atoms with van der Waals surface area (Å²) in [5, 5.41) is 9.14. The van der Waals surface area contributed by atoms with E-state index in [2.05, 4.69) is 0 Å². The van der Waals surface area contributed by atoms with E-state index in [0.29, 0.717) is 16.5 Å². The van der Waals surface area contributed by atoms with E-state index in [9.17, 15) is 4.79 Å². The lowest BCUT2D eigenvalue weighted by Crippen LogP contribution is -1.84. The van der Waals surface area contributed by atoms with Crippen LogP contribution < -0.4 is 0 Å². The van der Waals surface area contributed by atoms with Crippen LogP contribution in [0, 0.1) is 0 Å². The second-order valence-corrected chi connectivity index (χ2v) is 3.82. The largest absolute Gasteiger partial charge is 0.478 e. The van der Waals surface area contributed by atoms with E-state index >= 15 is 0 Å². The average Bonchev–Trinajstić information content (AvgIpc) is 2.76. The molecule has 0 aliphatic rings. The fourth-order valence-electron chi connectivity index (χ4n) is 1.37. The van der Waals surface area contributed by atoms with E-state index in [1.54, 1.807) is 24.3 Å². The molecule has 0 radical (unpaired) electrons. The lowest BCUT2D eigenvalue weighted by Gasteiger charge is -1.96. The monoisotopic (exact) mass is 248 g/mol. The Bertz CT molecular complexity index is 552. The van der Waals surface area contributed by atoms with Crippen molar-refractivity contribution >= 4 is 23.6 Å². The van der Waals surface area contributed by atoms with Crippen LogP contribution in [0.15, 0.2) is 46.9 Å². The summed E-state index contributed by atoms with van der Waals surface area (Å²) in [6.07, 6.45) is 2.44. The van der Waals surface area contributed by atoms with Gasteiger partial charge in [-0.1, -0.05) is 11.6 Å². The molecule has 0 aliphatic carbocycles. The summed E-state index contributed by atoms with van der Waals surface area (Å²) < 4.78 is 5.47. The van der Waals surface area contributed by atoms with Gasteiger partial charge in [-0.3, -0.25) is 0 Å². The Labute approximate surface area is 103 Å². The molecule has 0 aliphatic heterocycles. The number of benzene rings is 1. The third-order valence-corrected chi connectivity index (χ3v) is 2.40. The van der Waals surface area contributed by atoms with Crippen molar-refractivity contribution in [2.45, 2.75) is 0 Å². The van der Waals surface area contributed by atoms with Crippen molar-refractivity contribution in [2.24, 2.45) is 0 Å². The van der Waals surface area contributed by atoms with Gasteiger partial charge in [-0.25, -0.2) is 4.79 Å². The average molecular weight is 249 g/mol. The van der Waals surface area contributed by atoms with E-state index in [1.807, 2.05) is 12.1 Å². The lowest BCUT2D eigenvalue weighted by molar-refractivity contribution is -0.131. The number of carbonyl (C=O) groups is 1. The molecule has 0 unspecified atom stereocenters. The first-order chi connectivity index (χ1) is 8.15. The van der Waals surface area contributed by atoms with Crippen LogP contribution in [0.25, 0.3) is 17.4 Å². The second-order valence-electron chi connectivity index (χ2n) is 3.38. The van der Waals surface area contributed by atoms with Crippen molar-refractivity contribution in [2.75, 3.05) is 0 Å². The maximum atomic E-state index is 10.3. The maximum absolute atomic E-state index is 10.3. The molecule has 0 spiro atoms. The van der Waals surface area contributed by atoms with Crippen molar-refractivity contribution in [3.63, 3.8) is 0 Å². The van der Waals surface area contributed by atoms with Crippen LogP contribution in [-0.2, 0) is 4.79 Å². The number of hydrogen-bond donors (Lipinski definition) is 1. The van der Waals surface area contributed by atoms with Gasteiger partial charge in [0.25, 0.3) is 0 Å². The fourth-order valence-corrected chi connectivity index (χ4v) is 1.49. The highest BCUT2D eigenvalue weighted by molar-refractivity contribution is 6.30. The topological polar surface area (TPSA) is 50.4 Å². The zero-order valence-electron chi connectivity index (χ0n) is 8.76. The summed E-state index contributed by atoms with van der Waals surface area (Å²) in [5.41, 5.74) is 0.893. The lowest BCUT2D eigenvalue weighted by atomic mass is 10.2. The van der Waals surface area contributed by atoms with Crippen molar-refractivity contribution in [1.82, 2.24) is 0 Å². The van der Waals surface area contributed by atoms with E-state index in [-0.39, 0.29) is 0 Å². The summed E-state index contributed by atoms with van der Waals surface area (Å²) >= 11 is 5.78. The fraction of sp³-hybridized carbons (Fsp3) is 0. The highest BCUT2D eigenvalue weighted by Gasteiger charge is 2.03. The van der Waals surface area contributed by atoms with Crippen molar-refractivity contribution in [3.8, 4) is 11.3 Å². The van der Waals surface area contributed by atoms with Crippen molar-refractivity contribution in [1.29, 1.82) is 0 Å². The minimum atomic E-state index is -1.01. The number of carboxylic acids is 1. The molecule has 3 nitrogen and oxygen atoms in total. The maximum Gasteiger partial charge on any atom is 0.328 e. The van der Waals surface area contributed by atoms with Gasteiger partial charge in [-0.2, -0.15) is 0 Å². The van der Waals surface area contributed by atoms with Crippen LogP contribution in [0.4, 0.5) is 0 Å². The van der Waals surface area contributed by atoms with Crippen LogP contribution >= 0.6 is 11.6 Å². The minimum Gasteiger partial charge on any atom is -0.478 e. The van der Waals surface area contributed by atoms with Gasteiger partial charge >= 0.3 is 5.97 Å². The second kappa shape index (κ2) is 4.89. The van der Waals surface area contributed by atoms with Gasteiger partial charge in [0.2, 0.25) is 0 Å². The van der Waals surface area contributed by atoms with Crippen molar-refractivity contribution < 1.29 is 14.3 Å². The zero-order valence-corrected chi connectivity index (χ0v) is 9.52. The van der Waals surface area contributed by atoms with Gasteiger partial charge in [0.1, 0.15) is 11.5 Å². The van der Waals surface area contributed by atoms with Gasteiger partial charge in [-0.15, -0.1) is 0 Å². The molecule has 2 rings (SSSR count). The Hall–Kier alpha value is -2.00. The standard InChI is InChI=1S/C13H9ClO3/c14-10-3-1-9(2-4-10)12-7-5-11(17-12)6-8-13(15)16/h1-8H,(H,15,16). The summed E-state index contributed by atoms with van der Waals surface area (Å²) in [5.74, 6) is 0.165. The number of rotatable bonds is 3. The smallest absolute Gasteiger partial charge is 0.328 e. The van der Waals surface area contributed by atoms with Gasteiger partial charge < -0.3 is 9.52 Å². The number of furan rings is 1. The van der Waals surface area contributed by atoms with Gasteiger partial charge in [0.05, 0.1) is 0 Å². The van der Waals surface area contributed by atoms with E-state index in [0.717, 1.165) is 11.6 Å². The molecule has 0 fully saturated rings. The summed E-state index contributed by atoms with van der Waals surface area (Å²) in [7, 11) is 0. The Morgan fingerprint density at radius 3 is 2.53 bits per heavy atom. The molecule has 0 amide bonds. The third-order valence-electron chi connectivity index (χ3n) is 2.15. The van der Waals surface area contributed by atoms with E-state index < -0.39 is 5.97 Å². The van der Waals surface area contributed by atoms with E-state index in [1.165, 1.54) is 6.08 Å². The minimum absolute atomic E-state index is 0.498. The molecule has 17 heavy (non-hydrogen) atoms. The molecule has 1 N–H and O–H groups in total. The van der Waals surface area contributed by atoms with Crippen LogP contribution in [0.5, 0.6) is 0 Å². The highest BCUT2D eigenvalue weighted by atomic mass is 35.5. The van der Waals surface area contributed by atoms with Crippen LogP contribution in [0.2, 0.25) is 5.02 Å². The molecule has 0 saturated heterocycles. The number of halogens is 1. The Morgan fingerprint density at radius 1 is 1.18 bits per heavy atom. The number of aliphatic carboxylic acids is 1. The first-order valence-electron chi connectivity index (χ1n) is 4.92. The summed E-state index contributed by atoms with van der Waals surface area (Å²) in [6.45, 7) is 0. The van der Waals surface area contributed by atoms with Crippen LogP contribution in [0.3, 0.4) is 0 Å². The Kier molecular flexibility index (Phi) is 3.30. The molecule has 0 bridgehead atoms. The molecule has 86 valence electrons. The SMILES string of the molecule is O=C(O)C=Cc1ccc(-c2ccc(Cl)cc2)o1. The molecule has 1 aromatic heterocycles. The summed E-state index contributed by atoms with van der Waals surface area (Å²) in [6, 6.07) is 10.7. The molecule has 0 atom stereocenters. The number of hydrogen-bond acceptors (Lipinski definition) is 2. The molecule has 2 aromatic rings. The molecular formula is C13H9ClO3. The molecular weight excluding hydrogens is 240 g/mol. The molecule has 1 heterocycles. The Balaban J connectivity index is 2.23. The van der Waals surface area contributed by atoms with E-state index in [4.69, 9.17) is 21.1 Å². The molecule has 0 saturated carbocycles. The predicted molar refractivity (Wildman–Crippen MR) is 65.8 cm³/mol. The molecule has 1 aromatic carbocycles. The number of carboxylic acid groups (broad SMARTS) is 1.